The third-order valence-electron chi connectivity index (χ3n) is 4.36. The molecule has 0 aliphatic rings. The molecular formula is C21H15Br2NO. The molecule has 1 N–H and O–H groups in total. The highest BCUT2D eigenvalue weighted by molar-refractivity contribution is 9.10. The van der Waals surface area contributed by atoms with Crippen molar-refractivity contribution in [3.05, 3.63) is 99.1 Å². The number of hydrogen-bond acceptors (Lipinski definition) is 1. The van der Waals surface area contributed by atoms with Crippen LogP contribution in [0.3, 0.4) is 0 Å². The molecule has 0 spiro atoms. The third kappa shape index (κ3) is 3.12. The number of hydrogen-bond donors (Lipinski definition) is 1. The highest BCUT2D eigenvalue weighted by Gasteiger charge is 2.21. The Hall–Kier alpha value is -2.04. The molecule has 0 fully saturated rings. The van der Waals surface area contributed by atoms with Crippen LogP contribution in [0.1, 0.15) is 17.2 Å². The van der Waals surface area contributed by atoms with Crippen LogP contribution in [0, 0.1) is 0 Å². The van der Waals surface area contributed by atoms with Gasteiger partial charge < -0.3 is 9.67 Å². The van der Waals surface area contributed by atoms with Gasteiger partial charge in [-0.3, -0.25) is 0 Å². The second-order valence-corrected chi connectivity index (χ2v) is 7.77. The Labute approximate surface area is 163 Å². The molecular weight excluding hydrogens is 442 g/mol. The number of halogens is 2. The van der Waals surface area contributed by atoms with Crippen molar-refractivity contribution in [1.82, 2.24) is 4.57 Å². The number of fused-ring (bicyclic) bond motifs is 1. The van der Waals surface area contributed by atoms with Gasteiger partial charge in [-0.25, -0.2) is 0 Å². The van der Waals surface area contributed by atoms with E-state index in [2.05, 4.69) is 73.0 Å². The van der Waals surface area contributed by atoms with Gasteiger partial charge in [0.15, 0.2) is 0 Å². The lowest BCUT2D eigenvalue weighted by atomic mass is 9.97. The van der Waals surface area contributed by atoms with Crippen LogP contribution in [-0.2, 0) is 0 Å². The number of benzene rings is 3. The summed E-state index contributed by atoms with van der Waals surface area (Å²) < 4.78 is 4.21. The van der Waals surface area contributed by atoms with E-state index in [4.69, 9.17) is 0 Å². The van der Waals surface area contributed by atoms with Crippen molar-refractivity contribution in [2.75, 3.05) is 0 Å². The minimum Gasteiger partial charge on any atom is -0.508 e. The van der Waals surface area contributed by atoms with Gasteiger partial charge in [0.2, 0.25) is 0 Å². The molecule has 0 radical (unpaired) electrons. The Morgan fingerprint density at radius 2 is 1.52 bits per heavy atom. The van der Waals surface area contributed by atoms with Crippen LogP contribution in [0.15, 0.2) is 87.9 Å². The second-order valence-electron chi connectivity index (χ2n) is 5.94. The molecule has 1 aromatic heterocycles. The number of phenolic OH excluding ortho intramolecular Hbond substituents is 1. The number of aromatic hydroxyl groups is 1. The van der Waals surface area contributed by atoms with Crippen LogP contribution in [0.25, 0.3) is 10.9 Å². The summed E-state index contributed by atoms with van der Waals surface area (Å²) in [6, 6.07) is 24.1. The zero-order chi connectivity index (χ0) is 17.4. The van der Waals surface area contributed by atoms with Gasteiger partial charge >= 0.3 is 0 Å². The van der Waals surface area contributed by atoms with E-state index >= 15 is 0 Å². The van der Waals surface area contributed by atoms with Gasteiger partial charge in [0.1, 0.15) is 5.75 Å². The highest BCUT2D eigenvalue weighted by Crippen LogP contribution is 2.37. The normalized spacial score (nSPS) is 12.4. The van der Waals surface area contributed by atoms with E-state index in [1.54, 1.807) is 6.07 Å². The Kier molecular flexibility index (Phi) is 4.40. The number of phenols is 1. The maximum Gasteiger partial charge on any atom is 0.121 e. The first-order valence-corrected chi connectivity index (χ1v) is 9.51. The van der Waals surface area contributed by atoms with Crippen LogP contribution >= 0.6 is 31.9 Å². The predicted molar refractivity (Wildman–Crippen MR) is 109 cm³/mol. The summed E-state index contributed by atoms with van der Waals surface area (Å²) in [6.07, 6.45) is 2.08. The first kappa shape index (κ1) is 16.4. The molecule has 2 nitrogen and oxygen atoms in total. The third-order valence-corrected chi connectivity index (χ3v) is 5.35. The fraction of sp³-hybridized carbons (Fsp3) is 0.0476. The fourth-order valence-electron chi connectivity index (χ4n) is 3.23. The summed E-state index contributed by atoms with van der Waals surface area (Å²) >= 11 is 7.07. The topological polar surface area (TPSA) is 25.2 Å². The molecule has 3 aromatic carbocycles. The summed E-state index contributed by atoms with van der Waals surface area (Å²) in [7, 11) is 0. The molecule has 4 heteroatoms. The van der Waals surface area contributed by atoms with Crippen molar-refractivity contribution in [2.24, 2.45) is 0 Å². The molecule has 0 aliphatic carbocycles. The Bertz CT molecular complexity index is 1040. The molecule has 124 valence electrons. The Balaban J connectivity index is 1.99. The van der Waals surface area contributed by atoms with Gasteiger partial charge in [0, 0.05) is 31.6 Å². The summed E-state index contributed by atoms with van der Waals surface area (Å²) in [4.78, 5) is 0. The first-order chi connectivity index (χ1) is 12.1. The largest absolute Gasteiger partial charge is 0.508 e. The lowest BCUT2D eigenvalue weighted by Gasteiger charge is -2.22. The SMILES string of the molecule is Oc1ccc(Br)cc1C(c1ccccc1)n1ccc2cc(Br)ccc21. The van der Waals surface area contributed by atoms with Gasteiger partial charge in [-0.2, -0.15) is 0 Å². The first-order valence-electron chi connectivity index (χ1n) is 7.93. The van der Waals surface area contributed by atoms with Crippen LogP contribution < -0.4 is 0 Å². The van der Waals surface area contributed by atoms with Crippen molar-refractivity contribution < 1.29 is 5.11 Å². The second kappa shape index (κ2) is 6.70. The molecule has 0 amide bonds. The van der Waals surface area contributed by atoms with E-state index in [1.807, 2.05) is 36.4 Å². The van der Waals surface area contributed by atoms with Gasteiger partial charge in [-0.05, 0) is 48.0 Å². The van der Waals surface area contributed by atoms with Gasteiger partial charge in [0.25, 0.3) is 0 Å². The van der Waals surface area contributed by atoms with Crippen molar-refractivity contribution in [3.63, 3.8) is 0 Å². The van der Waals surface area contributed by atoms with E-state index in [1.165, 1.54) is 0 Å². The van der Waals surface area contributed by atoms with Gasteiger partial charge in [-0.15, -0.1) is 0 Å². The lowest BCUT2D eigenvalue weighted by Crippen LogP contribution is -2.11. The molecule has 0 saturated heterocycles. The maximum absolute atomic E-state index is 10.5. The fourth-order valence-corrected chi connectivity index (χ4v) is 3.99. The highest BCUT2D eigenvalue weighted by atomic mass is 79.9. The number of nitrogens with zero attached hydrogens (tertiary/aromatic N) is 1. The molecule has 25 heavy (non-hydrogen) atoms. The van der Waals surface area contributed by atoms with Crippen LogP contribution in [0.5, 0.6) is 5.75 Å². The molecule has 0 saturated carbocycles. The molecule has 4 rings (SSSR count). The standard InChI is InChI=1S/C21H15Br2NO/c22-16-6-8-19-15(12-16)10-11-24(19)21(14-4-2-1-3-5-14)18-13-17(23)7-9-20(18)25/h1-13,21,25H. The molecule has 4 aromatic rings. The maximum atomic E-state index is 10.5. The Morgan fingerprint density at radius 1 is 0.800 bits per heavy atom. The van der Waals surface area contributed by atoms with Crippen molar-refractivity contribution in [3.8, 4) is 5.75 Å². The van der Waals surface area contributed by atoms with Crippen molar-refractivity contribution >= 4 is 42.8 Å². The molecule has 1 unspecified atom stereocenters. The van der Waals surface area contributed by atoms with Gasteiger partial charge in [-0.1, -0.05) is 62.2 Å². The van der Waals surface area contributed by atoms with Gasteiger partial charge in [0.05, 0.1) is 6.04 Å². The van der Waals surface area contributed by atoms with Crippen LogP contribution in [0.4, 0.5) is 0 Å². The predicted octanol–water partition coefficient (Wildman–Crippen LogP) is 6.51. The van der Waals surface area contributed by atoms with E-state index in [0.29, 0.717) is 0 Å². The van der Waals surface area contributed by atoms with E-state index in [0.717, 1.165) is 31.0 Å². The summed E-state index contributed by atoms with van der Waals surface area (Å²) in [5, 5.41) is 11.7. The number of aromatic nitrogens is 1. The van der Waals surface area contributed by atoms with Crippen LogP contribution in [-0.4, -0.2) is 9.67 Å². The molecule has 0 aliphatic heterocycles. The minimum absolute atomic E-state index is 0.114. The monoisotopic (exact) mass is 455 g/mol. The average Bonchev–Trinajstić information content (AvgIpc) is 3.02. The molecule has 1 atom stereocenters. The van der Waals surface area contributed by atoms with Crippen LogP contribution in [0.2, 0.25) is 0 Å². The quantitative estimate of drug-likeness (QED) is 0.373. The molecule has 1 heterocycles. The Morgan fingerprint density at radius 3 is 2.32 bits per heavy atom. The lowest BCUT2D eigenvalue weighted by molar-refractivity contribution is 0.461. The zero-order valence-electron chi connectivity index (χ0n) is 13.2. The molecule has 0 bridgehead atoms. The summed E-state index contributed by atoms with van der Waals surface area (Å²) in [6.45, 7) is 0. The summed E-state index contributed by atoms with van der Waals surface area (Å²) in [5.41, 5.74) is 3.11. The zero-order valence-corrected chi connectivity index (χ0v) is 16.4. The average molecular weight is 457 g/mol. The minimum atomic E-state index is -0.114. The van der Waals surface area contributed by atoms with E-state index < -0.39 is 0 Å². The van der Waals surface area contributed by atoms with E-state index in [-0.39, 0.29) is 11.8 Å². The van der Waals surface area contributed by atoms with Crippen molar-refractivity contribution in [2.45, 2.75) is 6.04 Å². The number of rotatable bonds is 3. The summed E-state index contributed by atoms with van der Waals surface area (Å²) in [5.74, 6) is 0.288. The smallest absolute Gasteiger partial charge is 0.121 e. The van der Waals surface area contributed by atoms with E-state index in [9.17, 15) is 5.11 Å². The van der Waals surface area contributed by atoms with Crippen molar-refractivity contribution in [1.29, 1.82) is 0 Å².